The molecule has 0 rings (SSSR count). The summed E-state index contributed by atoms with van der Waals surface area (Å²) in [7, 11) is 0. The monoisotopic (exact) mass is 184 g/mol. The first-order valence-corrected chi connectivity index (χ1v) is 5.90. The quantitative estimate of drug-likeness (QED) is 0.571. The third-order valence-corrected chi connectivity index (χ3v) is 2.95. The van der Waals surface area contributed by atoms with Crippen LogP contribution < -0.4 is 0 Å². The summed E-state index contributed by atoms with van der Waals surface area (Å²) in [6, 6.07) is 0. The van der Waals surface area contributed by atoms with Crippen molar-refractivity contribution in [2.45, 2.75) is 67.2 Å². The summed E-state index contributed by atoms with van der Waals surface area (Å²) in [5, 5.41) is 0. The molecule has 0 nitrogen and oxygen atoms in total. The number of rotatable bonds is 5. The van der Waals surface area contributed by atoms with Gasteiger partial charge in [0.25, 0.3) is 0 Å². The molecule has 0 heteroatoms. The van der Waals surface area contributed by atoms with E-state index in [9.17, 15) is 0 Å². The van der Waals surface area contributed by atoms with Gasteiger partial charge in [-0.25, -0.2) is 0 Å². The van der Waals surface area contributed by atoms with E-state index in [1.165, 1.54) is 25.7 Å². The van der Waals surface area contributed by atoms with Crippen molar-refractivity contribution in [1.82, 2.24) is 0 Å². The summed E-state index contributed by atoms with van der Waals surface area (Å²) in [6.45, 7) is 14.1. The van der Waals surface area contributed by atoms with Crippen LogP contribution in [-0.4, -0.2) is 0 Å². The normalized spacial score (nSPS) is 17.1. The van der Waals surface area contributed by atoms with Crippen molar-refractivity contribution in [3.8, 4) is 0 Å². The molecule has 0 N–H and O–H groups in total. The summed E-state index contributed by atoms with van der Waals surface area (Å²) in [4.78, 5) is 0. The van der Waals surface area contributed by atoms with E-state index in [0.29, 0.717) is 5.41 Å². The number of hydrogen-bond donors (Lipinski definition) is 0. The lowest BCUT2D eigenvalue weighted by Crippen LogP contribution is -2.18. The summed E-state index contributed by atoms with van der Waals surface area (Å²) >= 11 is 0. The maximum absolute atomic E-state index is 2.42. The Morgan fingerprint density at radius 3 is 1.92 bits per heavy atom. The molecule has 0 saturated heterocycles. The fraction of sp³-hybridized carbons (Fsp3) is 1.00. The molecule has 0 fully saturated rings. The highest BCUT2D eigenvalue weighted by molar-refractivity contribution is 4.72. The van der Waals surface area contributed by atoms with E-state index in [4.69, 9.17) is 0 Å². The Morgan fingerprint density at radius 2 is 1.62 bits per heavy atom. The average Bonchev–Trinajstić information content (AvgIpc) is 1.99. The Morgan fingerprint density at radius 1 is 1.08 bits per heavy atom. The predicted molar refractivity (Wildman–Crippen MR) is 61.9 cm³/mol. The van der Waals surface area contributed by atoms with Crippen molar-refractivity contribution in [2.75, 3.05) is 0 Å². The molecule has 0 radical (unpaired) electrons. The van der Waals surface area contributed by atoms with Gasteiger partial charge in [-0.3, -0.25) is 0 Å². The second-order valence-electron chi connectivity index (χ2n) is 5.70. The highest BCUT2D eigenvalue weighted by atomic mass is 14.3. The summed E-state index contributed by atoms with van der Waals surface area (Å²) in [5.41, 5.74) is 0.503. The zero-order valence-electron chi connectivity index (χ0n) is 10.5. The first-order chi connectivity index (χ1) is 5.90. The van der Waals surface area contributed by atoms with Crippen LogP contribution in [0.3, 0.4) is 0 Å². The molecular formula is C13H28. The van der Waals surface area contributed by atoms with Gasteiger partial charge in [-0.05, 0) is 23.7 Å². The molecule has 2 unspecified atom stereocenters. The third-order valence-electron chi connectivity index (χ3n) is 2.95. The smallest absolute Gasteiger partial charge is 0.0380 e. The van der Waals surface area contributed by atoms with Gasteiger partial charge in [0.05, 0.1) is 0 Å². The van der Waals surface area contributed by atoms with Crippen molar-refractivity contribution in [3.63, 3.8) is 0 Å². The Labute approximate surface area is 85.1 Å². The van der Waals surface area contributed by atoms with Crippen LogP contribution in [0.2, 0.25) is 0 Å². The lowest BCUT2D eigenvalue weighted by molar-refractivity contribution is 0.218. The van der Waals surface area contributed by atoms with Crippen LogP contribution >= 0.6 is 0 Å². The fourth-order valence-electron chi connectivity index (χ4n) is 2.23. The van der Waals surface area contributed by atoms with Crippen molar-refractivity contribution in [3.05, 3.63) is 0 Å². The van der Waals surface area contributed by atoms with Crippen molar-refractivity contribution < 1.29 is 0 Å². The molecule has 2 atom stereocenters. The lowest BCUT2D eigenvalue weighted by Gasteiger charge is -2.29. The Hall–Kier alpha value is 0. The highest BCUT2D eigenvalue weighted by Gasteiger charge is 2.21. The molecule has 0 aliphatic heterocycles. The first-order valence-electron chi connectivity index (χ1n) is 5.90. The van der Waals surface area contributed by atoms with E-state index in [-0.39, 0.29) is 0 Å². The van der Waals surface area contributed by atoms with Gasteiger partial charge < -0.3 is 0 Å². The van der Waals surface area contributed by atoms with Crippen molar-refractivity contribution in [1.29, 1.82) is 0 Å². The van der Waals surface area contributed by atoms with Crippen LogP contribution in [0.5, 0.6) is 0 Å². The van der Waals surface area contributed by atoms with E-state index in [0.717, 1.165) is 11.8 Å². The Kier molecular flexibility index (Phi) is 5.67. The van der Waals surface area contributed by atoms with Crippen molar-refractivity contribution in [2.24, 2.45) is 17.3 Å². The molecule has 0 spiro atoms. The van der Waals surface area contributed by atoms with Crippen LogP contribution in [0.1, 0.15) is 67.2 Å². The Balaban J connectivity index is 4.01. The first kappa shape index (κ1) is 13.0. The standard InChI is InChI=1S/C13H28/c1-7-9-11(3)12(8-2)10-13(4,5)6/h11-12H,7-10H2,1-6H3. The van der Waals surface area contributed by atoms with E-state index in [1.807, 2.05) is 0 Å². The zero-order chi connectivity index (χ0) is 10.5. The van der Waals surface area contributed by atoms with E-state index < -0.39 is 0 Å². The van der Waals surface area contributed by atoms with Gasteiger partial charge in [0, 0.05) is 0 Å². The fourth-order valence-corrected chi connectivity index (χ4v) is 2.23. The molecule has 0 aromatic heterocycles. The van der Waals surface area contributed by atoms with Gasteiger partial charge in [0.15, 0.2) is 0 Å². The minimum atomic E-state index is 0.503. The molecule has 0 aliphatic rings. The molecule has 0 saturated carbocycles. The van der Waals surface area contributed by atoms with Gasteiger partial charge in [-0.15, -0.1) is 0 Å². The van der Waals surface area contributed by atoms with E-state index in [1.54, 1.807) is 0 Å². The van der Waals surface area contributed by atoms with Crippen LogP contribution in [0.15, 0.2) is 0 Å². The molecule has 0 bridgehead atoms. The number of hydrogen-bond acceptors (Lipinski definition) is 0. The maximum atomic E-state index is 2.42. The van der Waals surface area contributed by atoms with Crippen LogP contribution in [-0.2, 0) is 0 Å². The van der Waals surface area contributed by atoms with Crippen molar-refractivity contribution >= 4 is 0 Å². The topological polar surface area (TPSA) is 0 Å². The zero-order valence-corrected chi connectivity index (χ0v) is 10.5. The molecular weight excluding hydrogens is 156 g/mol. The second kappa shape index (κ2) is 5.67. The minimum absolute atomic E-state index is 0.503. The van der Waals surface area contributed by atoms with Gasteiger partial charge in [0.2, 0.25) is 0 Å². The van der Waals surface area contributed by atoms with E-state index in [2.05, 4.69) is 41.5 Å². The SMILES string of the molecule is CCCC(C)C(CC)CC(C)(C)C. The summed E-state index contributed by atoms with van der Waals surface area (Å²) < 4.78 is 0. The van der Waals surface area contributed by atoms with Crippen LogP contribution in [0.4, 0.5) is 0 Å². The second-order valence-corrected chi connectivity index (χ2v) is 5.70. The van der Waals surface area contributed by atoms with E-state index >= 15 is 0 Å². The molecule has 0 aromatic carbocycles. The molecule has 80 valence electrons. The van der Waals surface area contributed by atoms with Gasteiger partial charge in [-0.1, -0.05) is 60.8 Å². The van der Waals surface area contributed by atoms with Gasteiger partial charge >= 0.3 is 0 Å². The predicted octanol–water partition coefficient (Wildman–Crippen LogP) is 4.89. The van der Waals surface area contributed by atoms with Crippen LogP contribution in [0.25, 0.3) is 0 Å². The lowest BCUT2D eigenvalue weighted by atomic mass is 9.76. The molecule has 13 heavy (non-hydrogen) atoms. The van der Waals surface area contributed by atoms with Gasteiger partial charge in [-0.2, -0.15) is 0 Å². The highest BCUT2D eigenvalue weighted by Crippen LogP contribution is 2.32. The Bertz CT molecular complexity index is 118. The molecule has 0 aromatic rings. The molecule has 0 amide bonds. The summed E-state index contributed by atoms with van der Waals surface area (Å²) in [5.74, 6) is 1.84. The maximum Gasteiger partial charge on any atom is -0.0380 e. The molecule has 0 aliphatic carbocycles. The molecule has 0 heterocycles. The third kappa shape index (κ3) is 6.12. The van der Waals surface area contributed by atoms with Gasteiger partial charge in [0.1, 0.15) is 0 Å². The average molecular weight is 184 g/mol. The minimum Gasteiger partial charge on any atom is -0.0654 e. The summed E-state index contributed by atoms with van der Waals surface area (Å²) in [6.07, 6.45) is 5.46. The van der Waals surface area contributed by atoms with Crippen LogP contribution in [0, 0.1) is 17.3 Å². The largest absolute Gasteiger partial charge is 0.0654 e.